The van der Waals surface area contributed by atoms with Gasteiger partial charge in [0.2, 0.25) is 0 Å². The largest absolute Gasteiger partial charge is 0.416 e. The Labute approximate surface area is 94.4 Å². The Morgan fingerprint density at radius 3 is 1.64 bits per heavy atom. The minimum Gasteiger partial charge on any atom is -0.416 e. The minimum atomic E-state index is -2.04. The summed E-state index contributed by atoms with van der Waals surface area (Å²) in [4.78, 5) is 0. The number of rotatable bonds is 2. The summed E-state index contributed by atoms with van der Waals surface area (Å²) in [5.41, 5.74) is 0. The second-order valence-electron chi connectivity index (χ2n) is 4.68. The molecule has 0 aliphatic carbocycles. The van der Waals surface area contributed by atoms with Gasteiger partial charge in [0.15, 0.2) is 0 Å². The molecule has 1 heterocycles. The summed E-state index contributed by atoms with van der Waals surface area (Å²) < 4.78 is 18.0. The van der Waals surface area contributed by atoms with Gasteiger partial charge >= 0.3 is 25.7 Å². The van der Waals surface area contributed by atoms with E-state index in [0.29, 0.717) is 5.88 Å². The van der Waals surface area contributed by atoms with E-state index in [1.165, 1.54) is 0 Å². The molecule has 14 heavy (non-hydrogen) atoms. The third-order valence-electron chi connectivity index (χ3n) is 1.96. The number of hydrogen-bond acceptors (Lipinski definition) is 3. The van der Waals surface area contributed by atoms with Crippen molar-refractivity contribution in [1.82, 2.24) is 0 Å². The van der Waals surface area contributed by atoms with Crippen LogP contribution in [0.25, 0.3) is 0 Å². The Morgan fingerprint density at radius 2 is 1.29 bits per heavy atom. The molecular formula is C7H19ClO3Si3. The summed E-state index contributed by atoms with van der Waals surface area (Å²) in [5.74, 6) is 0.609. The maximum absolute atomic E-state index is 6.02. The van der Waals surface area contributed by atoms with Crippen molar-refractivity contribution in [2.24, 2.45) is 0 Å². The fourth-order valence-corrected chi connectivity index (χ4v) is 18.8. The fourth-order valence-electron chi connectivity index (χ4n) is 1.97. The lowest BCUT2D eigenvalue weighted by Gasteiger charge is -2.47. The van der Waals surface area contributed by atoms with E-state index in [2.05, 4.69) is 32.7 Å². The molecule has 7 heteroatoms. The molecule has 1 saturated heterocycles. The van der Waals surface area contributed by atoms with Gasteiger partial charge in [0.25, 0.3) is 0 Å². The first-order chi connectivity index (χ1) is 6.18. The molecule has 0 aromatic rings. The summed E-state index contributed by atoms with van der Waals surface area (Å²) in [5, 5.41) is 0. The van der Waals surface area contributed by atoms with Crippen LogP contribution >= 0.6 is 11.6 Å². The van der Waals surface area contributed by atoms with E-state index in [0.717, 1.165) is 6.04 Å². The van der Waals surface area contributed by atoms with Crippen LogP contribution in [0.15, 0.2) is 0 Å². The zero-order valence-corrected chi connectivity index (χ0v) is 13.3. The average Bonchev–Trinajstić information content (AvgIpc) is 1.75. The normalized spacial score (nSPS) is 28.7. The van der Waals surface area contributed by atoms with Gasteiger partial charge in [0.1, 0.15) is 0 Å². The quantitative estimate of drug-likeness (QED) is 0.571. The molecule has 84 valence electrons. The predicted octanol–water partition coefficient (Wildman–Crippen LogP) is 2.76. The van der Waals surface area contributed by atoms with E-state index >= 15 is 0 Å². The van der Waals surface area contributed by atoms with Crippen molar-refractivity contribution in [3.8, 4) is 0 Å². The summed E-state index contributed by atoms with van der Waals surface area (Å²) in [6, 6.07) is 0.852. The predicted molar refractivity (Wildman–Crippen MR) is 65.4 cm³/mol. The van der Waals surface area contributed by atoms with Gasteiger partial charge in [-0.1, -0.05) is 0 Å². The molecule has 0 bridgehead atoms. The van der Waals surface area contributed by atoms with Crippen molar-refractivity contribution in [1.29, 1.82) is 0 Å². The topological polar surface area (TPSA) is 27.7 Å². The van der Waals surface area contributed by atoms with Gasteiger partial charge in [0.05, 0.1) is 0 Å². The zero-order valence-electron chi connectivity index (χ0n) is 9.52. The van der Waals surface area contributed by atoms with E-state index in [1.807, 2.05) is 0 Å². The van der Waals surface area contributed by atoms with E-state index < -0.39 is 25.7 Å². The fraction of sp³-hybridized carbons (Fsp3) is 1.00. The maximum Gasteiger partial charge on any atom is 0.318 e. The van der Waals surface area contributed by atoms with Crippen LogP contribution in [-0.2, 0) is 12.3 Å². The van der Waals surface area contributed by atoms with Crippen LogP contribution in [-0.4, -0.2) is 31.6 Å². The highest BCUT2D eigenvalue weighted by molar-refractivity contribution is 6.92. The van der Waals surface area contributed by atoms with Crippen LogP contribution in [0.2, 0.25) is 38.8 Å². The Bertz CT molecular complexity index is 206. The van der Waals surface area contributed by atoms with Crippen molar-refractivity contribution >= 4 is 37.3 Å². The van der Waals surface area contributed by atoms with Crippen LogP contribution in [0.5, 0.6) is 0 Å². The van der Waals surface area contributed by atoms with Gasteiger partial charge in [-0.3, -0.25) is 0 Å². The summed E-state index contributed by atoms with van der Waals surface area (Å²) >= 11 is 5.78. The second kappa shape index (κ2) is 4.00. The smallest absolute Gasteiger partial charge is 0.318 e. The van der Waals surface area contributed by atoms with Crippen molar-refractivity contribution in [2.45, 2.75) is 38.8 Å². The molecule has 3 nitrogen and oxygen atoms in total. The maximum atomic E-state index is 6.02. The first-order valence-electron chi connectivity index (χ1n) is 4.85. The van der Waals surface area contributed by atoms with Gasteiger partial charge < -0.3 is 12.3 Å². The standard InChI is InChI=1S/C7H19ClO3Si3/c1-12(2)9-13(3,4)11-14(5,10-12)7-6-8/h6-7H2,1-5H3. The monoisotopic (exact) mass is 270 g/mol. The third-order valence-corrected chi connectivity index (χ3v) is 14.9. The van der Waals surface area contributed by atoms with Gasteiger partial charge in [-0.25, -0.2) is 0 Å². The minimum absolute atomic E-state index is 0.609. The van der Waals surface area contributed by atoms with E-state index in [9.17, 15) is 0 Å². The molecule has 0 unspecified atom stereocenters. The van der Waals surface area contributed by atoms with Crippen molar-refractivity contribution in [2.75, 3.05) is 5.88 Å². The second-order valence-corrected chi connectivity index (χ2v) is 15.9. The van der Waals surface area contributed by atoms with Gasteiger partial charge in [-0.2, -0.15) is 0 Å². The Balaban J connectivity index is 2.80. The molecule has 1 rings (SSSR count). The summed E-state index contributed by atoms with van der Waals surface area (Å²) in [6.45, 7) is 10.4. The highest BCUT2D eigenvalue weighted by Gasteiger charge is 2.52. The van der Waals surface area contributed by atoms with Gasteiger partial charge in [0, 0.05) is 11.9 Å². The summed E-state index contributed by atoms with van der Waals surface area (Å²) in [6.07, 6.45) is 0. The lowest BCUT2D eigenvalue weighted by atomic mass is 11.0. The lowest BCUT2D eigenvalue weighted by Crippen LogP contribution is -2.65. The Hall–Kier alpha value is 0.821. The molecule has 1 aliphatic heterocycles. The highest BCUT2D eigenvalue weighted by Crippen LogP contribution is 2.32. The van der Waals surface area contributed by atoms with Crippen LogP contribution in [0, 0.1) is 0 Å². The lowest BCUT2D eigenvalue weighted by molar-refractivity contribution is 0.233. The van der Waals surface area contributed by atoms with Crippen molar-refractivity contribution < 1.29 is 12.3 Å². The highest BCUT2D eigenvalue weighted by atomic mass is 35.5. The molecule has 0 N–H and O–H groups in total. The van der Waals surface area contributed by atoms with Crippen LogP contribution in [0.4, 0.5) is 0 Å². The van der Waals surface area contributed by atoms with Crippen molar-refractivity contribution in [3.63, 3.8) is 0 Å². The molecule has 1 fully saturated rings. The van der Waals surface area contributed by atoms with Crippen LogP contribution < -0.4 is 0 Å². The van der Waals surface area contributed by atoms with Gasteiger partial charge in [-0.05, 0) is 32.7 Å². The third kappa shape index (κ3) is 3.44. The van der Waals surface area contributed by atoms with E-state index in [4.69, 9.17) is 23.9 Å². The number of alkyl halides is 1. The average molecular weight is 271 g/mol. The summed E-state index contributed by atoms with van der Waals surface area (Å²) in [7, 11) is -5.96. The molecule has 0 spiro atoms. The molecule has 0 saturated carbocycles. The first kappa shape index (κ1) is 12.9. The molecule has 0 radical (unpaired) electrons. The zero-order chi connectivity index (χ0) is 11.0. The van der Waals surface area contributed by atoms with Crippen LogP contribution in [0.1, 0.15) is 0 Å². The molecule has 0 amide bonds. The van der Waals surface area contributed by atoms with Crippen molar-refractivity contribution in [3.05, 3.63) is 0 Å². The Morgan fingerprint density at radius 1 is 0.857 bits per heavy atom. The molecular weight excluding hydrogens is 252 g/mol. The molecule has 1 aliphatic rings. The number of halogens is 1. The molecule has 0 aromatic carbocycles. The van der Waals surface area contributed by atoms with Crippen LogP contribution in [0.3, 0.4) is 0 Å². The molecule has 0 atom stereocenters. The first-order valence-corrected chi connectivity index (χ1v) is 13.5. The van der Waals surface area contributed by atoms with E-state index in [1.54, 1.807) is 0 Å². The Kier molecular flexibility index (Phi) is 3.69. The SMILES string of the molecule is C[Si]1(C)O[Si](C)(C)O[Si](C)(CCCl)O1. The van der Waals surface area contributed by atoms with Gasteiger partial charge in [-0.15, -0.1) is 11.6 Å². The van der Waals surface area contributed by atoms with E-state index in [-0.39, 0.29) is 0 Å². The number of hydrogen-bond donors (Lipinski definition) is 0. The molecule has 0 aromatic heterocycles.